The van der Waals surface area contributed by atoms with Crippen molar-refractivity contribution in [3.05, 3.63) is 0 Å². The number of nitrogens with zero attached hydrogens (tertiary/aromatic N) is 1. The largest absolute Gasteiger partial charge is 0.295 e. The Kier molecular flexibility index (Phi) is 11.5. The summed E-state index contributed by atoms with van der Waals surface area (Å²) in [5, 5.41) is 0. The third kappa shape index (κ3) is 11.6. The second-order valence-corrected chi connectivity index (χ2v) is 4.43. The Labute approximate surface area is 96.4 Å². The molecule has 0 heterocycles. The van der Waals surface area contributed by atoms with Crippen molar-refractivity contribution in [2.75, 3.05) is 6.54 Å². The highest BCUT2D eigenvalue weighted by Gasteiger charge is 1.93. The third-order valence-electron chi connectivity index (χ3n) is 2.82. The van der Waals surface area contributed by atoms with Gasteiger partial charge in [0.1, 0.15) is 0 Å². The molecule has 0 amide bonds. The van der Waals surface area contributed by atoms with Crippen LogP contribution in [-0.2, 0) is 0 Å². The third-order valence-corrected chi connectivity index (χ3v) is 2.82. The van der Waals surface area contributed by atoms with Crippen LogP contribution in [0, 0.1) is 0 Å². The summed E-state index contributed by atoms with van der Waals surface area (Å²) in [7, 11) is 0. The normalized spacial score (nSPS) is 12.1. The lowest BCUT2D eigenvalue weighted by atomic mass is 10.1. The minimum absolute atomic E-state index is 0.947. The van der Waals surface area contributed by atoms with Gasteiger partial charge in [0.05, 0.1) is 0 Å². The zero-order valence-electron chi connectivity index (χ0n) is 11.0. The van der Waals surface area contributed by atoms with Gasteiger partial charge in [0, 0.05) is 12.3 Å². The zero-order chi connectivity index (χ0) is 11.4. The van der Waals surface area contributed by atoms with E-state index in [1.807, 2.05) is 0 Å². The number of hydrogen-bond acceptors (Lipinski definition) is 1. The molecule has 0 aromatic heterocycles. The highest BCUT2D eigenvalue weighted by atomic mass is 14.7. The molecular formula is C14H29N. The zero-order valence-corrected chi connectivity index (χ0v) is 11.0. The van der Waals surface area contributed by atoms with Gasteiger partial charge in [-0.25, -0.2) is 0 Å². The van der Waals surface area contributed by atoms with E-state index in [2.05, 4.69) is 25.8 Å². The van der Waals surface area contributed by atoms with E-state index in [0.717, 1.165) is 6.54 Å². The first kappa shape index (κ1) is 14.7. The molecule has 0 bridgehead atoms. The summed E-state index contributed by atoms with van der Waals surface area (Å²) < 4.78 is 0. The predicted molar refractivity (Wildman–Crippen MR) is 70.9 cm³/mol. The van der Waals surface area contributed by atoms with E-state index in [1.165, 1.54) is 63.5 Å². The van der Waals surface area contributed by atoms with Crippen molar-refractivity contribution in [3.63, 3.8) is 0 Å². The maximum Gasteiger partial charge on any atom is 0.0360 e. The summed E-state index contributed by atoms with van der Waals surface area (Å²) in [6, 6.07) is 0. The highest BCUT2D eigenvalue weighted by Crippen LogP contribution is 2.09. The Balaban J connectivity index is 3.08. The molecule has 0 aliphatic carbocycles. The lowest BCUT2D eigenvalue weighted by Gasteiger charge is -2.01. The standard InChI is InChI=1S/C14H29N/c1-4-6-7-8-9-10-11-12-13-14(3)15-5-2/h4-13H2,1-3H3/b15-14-. The van der Waals surface area contributed by atoms with Crippen molar-refractivity contribution in [2.24, 2.45) is 4.99 Å². The molecule has 0 N–H and O–H groups in total. The van der Waals surface area contributed by atoms with Crippen LogP contribution in [0.5, 0.6) is 0 Å². The van der Waals surface area contributed by atoms with Gasteiger partial charge in [0.25, 0.3) is 0 Å². The van der Waals surface area contributed by atoms with Crippen molar-refractivity contribution in [1.82, 2.24) is 0 Å². The summed E-state index contributed by atoms with van der Waals surface area (Å²) in [5.41, 5.74) is 1.34. The molecule has 15 heavy (non-hydrogen) atoms. The van der Waals surface area contributed by atoms with Crippen LogP contribution in [0.3, 0.4) is 0 Å². The first-order chi connectivity index (χ1) is 7.31. The Morgan fingerprint density at radius 3 is 1.87 bits per heavy atom. The van der Waals surface area contributed by atoms with Gasteiger partial charge in [-0.15, -0.1) is 0 Å². The fourth-order valence-corrected chi connectivity index (χ4v) is 1.86. The molecule has 1 nitrogen and oxygen atoms in total. The van der Waals surface area contributed by atoms with Crippen molar-refractivity contribution >= 4 is 5.71 Å². The van der Waals surface area contributed by atoms with Crippen molar-refractivity contribution in [3.8, 4) is 0 Å². The molecule has 0 fully saturated rings. The second-order valence-electron chi connectivity index (χ2n) is 4.43. The van der Waals surface area contributed by atoms with Crippen LogP contribution >= 0.6 is 0 Å². The Bertz CT molecular complexity index is 149. The van der Waals surface area contributed by atoms with E-state index in [-0.39, 0.29) is 0 Å². The van der Waals surface area contributed by atoms with Crippen LogP contribution in [0.4, 0.5) is 0 Å². The minimum Gasteiger partial charge on any atom is -0.295 e. The molecular weight excluding hydrogens is 182 g/mol. The average molecular weight is 211 g/mol. The molecule has 0 atom stereocenters. The highest BCUT2D eigenvalue weighted by molar-refractivity contribution is 5.81. The molecule has 0 saturated carbocycles. The van der Waals surface area contributed by atoms with Gasteiger partial charge in [-0.2, -0.15) is 0 Å². The van der Waals surface area contributed by atoms with Crippen LogP contribution in [0.25, 0.3) is 0 Å². The van der Waals surface area contributed by atoms with E-state index >= 15 is 0 Å². The van der Waals surface area contributed by atoms with Crippen molar-refractivity contribution in [2.45, 2.75) is 78.6 Å². The second kappa shape index (κ2) is 11.7. The van der Waals surface area contributed by atoms with Gasteiger partial charge < -0.3 is 0 Å². The van der Waals surface area contributed by atoms with Crippen molar-refractivity contribution < 1.29 is 0 Å². The lowest BCUT2D eigenvalue weighted by molar-refractivity contribution is 0.580. The van der Waals surface area contributed by atoms with Crippen LogP contribution in [0.2, 0.25) is 0 Å². The molecule has 0 saturated heterocycles. The molecule has 0 spiro atoms. The summed E-state index contributed by atoms with van der Waals surface area (Å²) in [6.45, 7) is 7.49. The number of aliphatic imine (C=N–C) groups is 1. The summed E-state index contributed by atoms with van der Waals surface area (Å²) in [6.07, 6.45) is 12.4. The van der Waals surface area contributed by atoms with Crippen LogP contribution in [0.1, 0.15) is 78.6 Å². The molecule has 90 valence electrons. The number of unbranched alkanes of at least 4 members (excludes halogenated alkanes) is 7. The monoisotopic (exact) mass is 211 g/mol. The maximum absolute atomic E-state index is 4.40. The lowest BCUT2D eigenvalue weighted by Crippen LogP contribution is -1.92. The van der Waals surface area contributed by atoms with E-state index in [1.54, 1.807) is 0 Å². The van der Waals surface area contributed by atoms with Gasteiger partial charge in [-0.1, -0.05) is 51.9 Å². The van der Waals surface area contributed by atoms with Crippen LogP contribution in [-0.4, -0.2) is 12.3 Å². The smallest absolute Gasteiger partial charge is 0.0360 e. The average Bonchev–Trinajstić information content (AvgIpc) is 2.22. The molecule has 0 radical (unpaired) electrons. The van der Waals surface area contributed by atoms with Gasteiger partial charge in [-0.3, -0.25) is 4.99 Å². The molecule has 0 aliphatic heterocycles. The first-order valence-corrected chi connectivity index (χ1v) is 6.81. The van der Waals surface area contributed by atoms with E-state index < -0.39 is 0 Å². The Morgan fingerprint density at radius 2 is 1.33 bits per heavy atom. The molecule has 0 aromatic rings. The SMILES string of the molecule is CCCCCCCCCC/C(C)=N\CC. The predicted octanol–water partition coefficient (Wildman–Crippen LogP) is 5.00. The Hall–Kier alpha value is -0.330. The minimum atomic E-state index is 0.947. The van der Waals surface area contributed by atoms with Crippen LogP contribution in [0.15, 0.2) is 4.99 Å². The Morgan fingerprint density at radius 1 is 0.800 bits per heavy atom. The van der Waals surface area contributed by atoms with Crippen molar-refractivity contribution in [1.29, 1.82) is 0 Å². The molecule has 1 heteroatoms. The van der Waals surface area contributed by atoms with E-state index in [0.29, 0.717) is 0 Å². The van der Waals surface area contributed by atoms with E-state index in [9.17, 15) is 0 Å². The topological polar surface area (TPSA) is 12.4 Å². The van der Waals surface area contributed by atoms with Gasteiger partial charge in [0.2, 0.25) is 0 Å². The summed E-state index contributed by atoms with van der Waals surface area (Å²) in [4.78, 5) is 4.40. The molecule has 0 aromatic carbocycles. The first-order valence-electron chi connectivity index (χ1n) is 6.81. The molecule has 0 aliphatic rings. The van der Waals surface area contributed by atoms with Gasteiger partial charge in [-0.05, 0) is 26.7 Å². The van der Waals surface area contributed by atoms with Gasteiger partial charge >= 0.3 is 0 Å². The fraction of sp³-hybridized carbons (Fsp3) is 0.929. The summed E-state index contributed by atoms with van der Waals surface area (Å²) in [5.74, 6) is 0. The van der Waals surface area contributed by atoms with Gasteiger partial charge in [0.15, 0.2) is 0 Å². The fourth-order valence-electron chi connectivity index (χ4n) is 1.86. The number of hydrogen-bond donors (Lipinski definition) is 0. The van der Waals surface area contributed by atoms with Crippen LogP contribution < -0.4 is 0 Å². The van der Waals surface area contributed by atoms with E-state index in [4.69, 9.17) is 0 Å². The maximum atomic E-state index is 4.40. The quantitative estimate of drug-likeness (QED) is 0.356. The molecule has 0 rings (SSSR count). The molecule has 0 unspecified atom stereocenters. The summed E-state index contributed by atoms with van der Waals surface area (Å²) >= 11 is 0. The number of rotatable bonds is 10.